The summed E-state index contributed by atoms with van der Waals surface area (Å²) in [6.45, 7) is 0. The van der Waals surface area contributed by atoms with Gasteiger partial charge in [0.15, 0.2) is 0 Å². The molecule has 2 heteroatoms. The zero-order chi connectivity index (χ0) is 10.0. The molecule has 0 radical (unpaired) electrons. The van der Waals surface area contributed by atoms with E-state index >= 15 is 0 Å². The first-order valence-electron chi connectivity index (χ1n) is 5.48. The number of halogens is 1. The van der Waals surface area contributed by atoms with E-state index in [9.17, 15) is 4.39 Å². The Balaban J connectivity index is 2.05. The van der Waals surface area contributed by atoms with E-state index in [0.717, 1.165) is 25.7 Å². The lowest BCUT2D eigenvalue weighted by atomic mass is 9.75. The van der Waals surface area contributed by atoms with Crippen molar-refractivity contribution in [2.75, 3.05) is 0 Å². The highest BCUT2D eigenvalue weighted by molar-refractivity contribution is 5.23. The van der Waals surface area contributed by atoms with Gasteiger partial charge in [-0.3, -0.25) is 0 Å². The van der Waals surface area contributed by atoms with Crippen molar-refractivity contribution in [3.63, 3.8) is 0 Å². The molecule has 1 saturated carbocycles. The Labute approximate surface area is 84.3 Å². The normalized spacial score (nSPS) is 34.2. The predicted octanol–water partition coefficient (Wildman–Crippen LogP) is 3.68. The van der Waals surface area contributed by atoms with Crippen molar-refractivity contribution in [3.8, 4) is 0 Å². The molecule has 0 aliphatic heterocycles. The van der Waals surface area contributed by atoms with E-state index in [0.29, 0.717) is 6.42 Å². The standard InChI is InChI=1S/C12H17FO/c13-12(8-6-11(14)7-9-12)10-4-2-1-3-5-10/h6-8,10,14H,1-5,9H2. The average Bonchev–Trinajstić information content (AvgIpc) is 2.24. The second kappa shape index (κ2) is 3.76. The van der Waals surface area contributed by atoms with E-state index in [1.165, 1.54) is 12.5 Å². The van der Waals surface area contributed by atoms with E-state index in [2.05, 4.69) is 0 Å². The van der Waals surface area contributed by atoms with E-state index in [1.54, 1.807) is 12.2 Å². The van der Waals surface area contributed by atoms with Gasteiger partial charge in [-0.15, -0.1) is 0 Å². The highest BCUT2D eigenvalue weighted by atomic mass is 19.1. The minimum atomic E-state index is -1.19. The molecule has 0 spiro atoms. The highest BCUT2D eigenvalue weighted by Gasteiger charge is 2.37. The minimum absolute atomic E-state index is 0.164. The molecule has 0 bridgehead atoms. The van der Waals surface area contributed by atoms with Crippen LogP contribution in [-0.2, 0) is 0 Å². The van der Waals surface area contributed by atoms with Crippen LogP contribution >= 0.6 is 0 Å². The van der Waals surface area contributed by atoms with Gasteiger partial charge in [-0.25, -0.2) is 4.39 Å². The predicted molar refractivity (Wildman–Crippen MR) is 54.9 cm³/mol. The second-order valence-electron chi connectivity index (χ2n) is 4.43. The maximum absolute atomic E-state index is 14.4. The van der Waals surface area contributed by atoms with Gasteiger partial charge >= 0.3 is 0 Å². The van der Waals surface area contributed by atoms with Gasteiger partial charge < -0.3 is 5.11 Å². The molecule has 0 aromatic heterocycles. The van der Waals surface area contributed by atoms with E-state index in [-0.39, 0.29) is 11.7 Å². The number of hydrogen-bond acceptors (Lipinski definition) is 1. The molecule has 0 saturated heterocycles. The number of aliphatic hydroxyl groups excluding tert-OH is 1. The SMILES string of the molecule is OC1=CCC(F)(C2CCCCC2)C=C1. The Bertz CT molecular complexity index is 263. The number of hydrogen-bond donors (Lipinski definition) is 1. The average molecular weight is 196 g/mol. The molecule has 1 atom stereocenters. The van der Waals surface area contributed by atoms with Crippen molar-refractivity contribution >= 4 is 0 Å². The number of aliphatic hydroxyl groups is 1. The molecule has 1 N–H and O–H groups in total. The molecule has 14 heavy (non-hydrogen) atoms. The van der Waals surface area contributed by atoms with Crippen molar-refractivity contribution in [2.24, 2.45) is 5.92 Å². The largest absolute Gasteiger partial charge is 0.508 e. The molecule has 1 fully saturated rings. The molecule has 78 valence electrons. The Kier molecular flexibility index (Phi) is 2.62. The van der Waals surface area contributed by atoms with Crippen LogP contribution in [0.1, 0.15) is 38.5 Å². The molecular formula is C12H17FO. The lowest BCUT2D eigenvalue weighted by molar-refractivity contribution is 0.104. The summed E-state index contributed by atoms with van der Waals surface area (Å²) in [5, 5.41) is 9.15. The molecule has 2 aliphatic rings. The summed E-state index contributed by atoms with van der Waals surface area (Å²) in [6, 6.07) is 0. The van der Waals surface area contributed by atoms with Gasteiger partial charge in [0.25, 0.3) is 0 Å². The zero-order valence-corrected chi connectivity index (χ0v) is 8.38. The monoisotopic (exact) mass is 196 g/mol. The van der Waals surface area contributed by atoms with E-state index < -0.39 is 5.67 Å². The molecule has 0 amide bonds. The van der Waals surface area contributed by atoms with Crippen LogP contribution in [0.5, 0.6) is 0 Å². The van der Waals surface area contributed by atoms with Gasteiger partial charge in [-0.1, -0.05) is 19.3 Å². The first-order valence-corrected chi connectivity index (χ1v) is 5.48. The summed E-state index contributed by atoms with van der Waals surface area (Å²) in [7, 11) is 0. The fourth-order valence-electron chi connectivity index (χ4n) is 2.51. The fraction of sp³-hybridized carbons (Fsp3) is 0.667. The lowest BCUT2D eigenvalue weighted by Crippen LogP contribution is -2.33. The number of alkyl halides is 1. The summed E-state index contributed by atoms with van der Waals surface area (Å²) in [5.41, 5.74) is -1.19. The van der Waals surface area contributed by atoms with Crippen molar-refractivity contribution in [3.05, 3.63) is 24.0 Å². The fourth-order valence-corrected chi connectivity index (χ4v) is 2.51. The van der Waals surface area contributed by atoms with E-state index in [4.69, 9.17) is 5.11 Å². The Morgan fingerprint density at radius 2 is 2.00 bits per heavy atom. The first-order chi connectivity index (χ1) is 6.71. The van der Waals surface area contributed by atoms with Gasteiger partial charge in [-0.05, 0) is 37.0 Å². The molecule has 0 heterocycles. The maximum atomic E-state index is 14.4. The van der Waals surface area contributed by atoms with Crippen LogP contribution in [-0.4, -0.2) is 10.8 Å². The summed E-state index contributed by atoms with van der Waals surface area (Å²) in [5.74, 6) is 0.367. The van der Waals surface area contributed by atoms with Crippen molar-refractivity contribution in [1.82, 2.24) is 0 Å². The Morgan fingerprint density at radius 3 is 2.57 bits per heavy atom. The smallest absolute Gasteiger partial charge is 0.135 e. The summed E-state index contributed by atoms with van der Waals surface area (Å²) in [4.78, 5) is 0. The van der Waals surface area contributed by atoms with Gasteiger partial charge in [0, 0.05) is 6.42 Å². The van der Waals surface area contributed by atoms with Crippen LogP contribution in [0.2, 0.25) is 0 Å². The minimum Gasteiger partial charge on any atom is -0.508 e. The second-order valence-corrected chi connectivity index (χ2v) is 4.43. The van der Waals surface area contributed by atoms with E-state index in [1.807, 2.05) is 0 Å². The lowest BCUT2D eigenvalue weighted by Gasteiger charge is -2.34. The van der Waals surface area contributed by atoms with Gasteiger partial charge in [-0.2, -0.15) is 0 Å². The van der Waals surface area contributed by atoms with Crippen molar-refractivity contribution in [1.29, 1.82) is 0 Å². The van der Waals surface area contributed by atoms with Crippen LogP contribution in [0.4, 0.5) is 4.39 Å². The van der Waals surface area contributed by atoms with Crippen LogP contribution in [0.3, 0.4) is 0 Å². The van der Waals surface area contributed by atoms with Gasteiger partial charge in [0.2, 0.25) is 0 Å². The zero-order valence-electron chi connectivity index (χ0n) is 8.38. The first kappa shape index (κ1) is 9.75. The number of rotatable bonds is 1. The topological polar surface area (TPSA) is 20.2 Å². The summed E-state index contributed by atoms with van der Waals surface area (Å²) >= 11 is 0. The highest BCUT2D eigenvalue weighted by Crippen LogP contribution is 2.40. The van der Waals surface area contributed by atoms with Crippen molar-refractivity contribution in [2.45, 2.75) is 44.2 Å². The van der Waals surface area contributed by atoms with Gasteiger partial charge in [0.1, 0.15) is 11.4 Å². The molecule has 2 rings (SSSR count). The third-order valence-electron chi connectivity index (χ3n) is 3.44. The maximum Gasteiger partial charge on any atom is 0.135 e. The third-order valence-corrected chi connectivity index (χ3v) is 3.44. The molecule has 1 nitrogen and oxygen atoms in total. The summed E-state index contributed by atoms with van der Waals surface area (Å²) < 4.78 is 14.4. The Morgan fingerprint density at radius 1 is 1.29 bits per heavy atom. The molecule has 0 aromatic rings. The quantitative estimate of drug-likeness (QED) is 0.678. The van der Waals surface area contributed by atoms with Crippen molar-refractivity contribution < 1.29 is 9.50 Å². The molecule has 1 unspecified atom stereocenters. The van der Waals surface area contributed by atoms with Crippen LogP contribution in [0.15, 0.2) is 24.0 Å². The van der Waals surface area contributed by atoms with Crippen LogP contribution < -0.4 is 0 Å². The Hall–Kier alpha value is -0.790. The van der Waals surface area contributed by atoms with Crippen LogP contribution in [0.25, 0.3) is 0 Å². The third kappa shape index (κ3) is 1.84. The molecular weight excluding hydrogens is 179 g/mol. The number of allylic oxidation sites excluding steroid dienone is 3. The molecule has 0 aromatic carbocycles. The molecule has 2 aliphatic carbocycles. The van der Waals surface area contributed by atoms with Crippen LogP contribution in [0, 0.1) is 5.92 Å². The van der Waals surface area contributed by atoms with Gasteiger partial charge in [0.05, 0.1) is 0 Å². The summed E-state index contributed by atoms with van der Waals surface area (Å²) in [6.07, 6.45) is 10.5.